The van der Waals surface area contributed by atoms with E-state index in [4.69, 9.17) is 10.5 Å². The number of nitrogens with two attached hydrogens (primary N) is 1. The summed E-state index contributed by atoms with van der Waals surface area (Å²) in [6, 6.07) is 5.86. The summed E-state index contributed by atoms with van der Waals surface area (Å²) in [6.07, 6.45) is 0. The lowest BCUT2D eigenvalue weighted by Crippen LogP contribution is -2.11. The number of ether oxygens (including phenoxy) is 1. The van der Waals surface area contributed by atoms with Crippen molar-refractivity contribution < 1.29 is 4.74 Å². The van der Waals surface area contributed by atoms with Gasteiger partial charge in [-0.25, -0.2) is 4.98 Å². The van der Waals surface area contributed by atoms with Crippen molar-refractivity contribution in [1.29, 1.82) is 0 Å². The number of imidazole rings is 1. The summed E-state index contributed by atoms with van der Waals surface area (Å²) in [5, 5.41) is 0. The van der Waals surface area contributed by atoms with E-state index in [0.29, 0.717) is 6.61 Å². The molecule has 0 radical (unpaired) electrons. The zero-order chi connectivity index (χ0) is 11.7. The molecule has 0 saturated carbocycles. The van der Waals surface area contributed by atoms with Gasteiger partial charge in [0.25, 0.3) is 0 Å². The van der Waals surface area contributed by atoms with Crippen LogP contribution in [-0.2, 0) is 7.05 Å². The van der Waals surface area contributed by atoms with Crippen LogP contribution in [0.5, 0.6) is 5.75 Å². The Labute approximate surface area is 95.0 Å². The fourth-order valence-electron chi connectivity index (χ4n) is 1.86. The van der Waals surface area contributed by atoms with Crippen molar-refractivity contribution >= 4 is 11.0 Å². The van der Waals surface area contributed by atoms with Crippen LogP contribution in [0.25, 0.3) is 11.0 Å². The standard InChI is InChI=1S/C12H17N3O/c1-4-16-9-5-6-11-10(7-9)14-12(8(2)13)15(11)3/h5-8H,4,13H2,1-3H3. The van der Waals surface area contributed by atoms with Gasteiger partial charge in [0.05, 0.1) is 23.7 Å². The molecule has 0 fully saturated rings. The van der Waals surface area contributed by atoms with Gasteiger partial charge in [0.2, 0.25) is 0 Å². The molecule has 0 saturated heterocycles. The monoisotopic (exact) mass is 219 g/mol. The van der Waals surface area contributed by atoms with Crippen LogP contribution < -0.4 is 10.5 Å². The molecule has 1 atom stereocenters. The van der Waals surface area contributed by atoms with Gasteiger partial charge in [-0.2, -0.15) is 0 Å². The van der Waals surface area contributed by atoms with E-state index in [1.54, 1.807) is 0 Å². The second kappa shape index (κ2) is 4.14. The van der Waals surface area contributed by atoms with Crippen molar-refractivity contribution in [3.63, 3.8) is 0 Å². The molecule has 86 valence electrons. The quantitative estimate of drug-likeness (QED) is 0.859. The normalized spacial score (nSPS) is 13.0. The molecule has 0 aliphatic heterocycles. The van der Waals surface area contributed by atoms with Gasteiger partial charge in [-0.1, -0.05) is 0 Å². The van der Waals surface area contributed by atoms with Crippen LogP contribution in [-0.4, -0.2) is 16.2 Å². The molecule has 0 bridgehead atoms. The molecule has 0 spiro atoms. The smallest absolute Gasteiger partial charge is 0.126 e. The Morgan fingerprint density at radius 3 is 2.88 bits per heavy atom. The van der Waals surface area contributed by atoms with E-state index < -0.39 is 0 Å². The molecule has 1 aromatic heterocycles. The fourth-order valence-corrected chi connectivity index (χ4v) is 1.86. The molecule has 4 heteroatoms. The van der Waals surface area contributed by atoms with Gasteiger partial charge in [-0.05, 0) is 26.0 Å². The van der Waals surface area contributed by atoms with Crippen LogP contribution in [0.15, 0.2) is 18.2 Å². The SMILES string of the molecule is CCOc1ccc2c(c1)nc(C(C)N)n2C. The summed E-state index contributed by atoms with van der Waals surface area (Å²) in [4.78, 5) is 4.51. The highest BCUT2D eigenvalue weighted by molar-refractivity contribution is 5.77. The predicted molar refractivity (Wildman–Crippen MR) is 64.5 cm³/mol. The molecule has 1 aromatic carbocycles. The molecule has 0 aliphatic rings. The first-order valence-corrected chi connectivity index (χ1v) is 5.48. The molecule has 2 N–H and O–H groups in total. The number of nitrogens with zero attached hydrogens (tertiary/aromatic N) is 2. The van der Waals surface area contributed by atoms with Gasteiger partial charge in [-0.15, -0.1) is 0 Å². The van der Waals surface area contributed by atoms with Crippen molar-refractivity contribution in [2.45, 2.75) is 19.9 Å². The Morgan fingerprint density at radius 2 is 2.25 bits per heavy atom. The van der Waals surface area contributed by atoms with Crippen LogP contribution in [0.1, 0.15) is 25.7 Å². The van der Waals surface area contributed by atoms with Gasteiger partial charge in [0.15, 0.2) is 0 Å². The molecular formula is C12H17N3O. The van der Waals surface area contributed by atoms with Crippen molar-refractivity contribution in [3.8, 4) is 5.75 Å². The average molecular weight is 219 g/mol. The van der Waals surface area contributed by atoms with E-state index in [2.05, 4.69) is 4.98 Å². The molecule has 2 aromatic rings. The maximum atomic E-state index is 5.86. The van der Waals surface area contributed by atoms with E-state index in [-0.39, 0.29) is 6.04 Å². The Kier molecular flexibility index (Phi) is 2.83. The third-order valence-corrected chi connectivity index (χ3v) is 2.61. The number of aromatic nitrogens is 2. The zero-order valence-electron chi connectivity index (χ0n) is 9.90. The first kappa shape index (κ1) is 11.0. The van der Waals surface area contributed by atoms with E-state index >= 15 is 0 Å². The minimum absolute atomic E-state index is 0.0621. The third-order valence-electron chi connectivity index (χ3n) is 2.61. The topological polar surface area (TPSA) is 53.1 Å². The minimum atomic E-state index is -0.0621. The number of aryl methyl sites for hydroxylation is 1. The second-order valence-electron chi connectivity index (χ2n) is 3.90. The van der Waals surface area contributed by atoms with Gasteiger partial charge in [0, 0.05) is 13.1 Å². The van der Waals surface area contributed by atoms with Crippen LogP contribution in [0.3, 0.4) is 0 Å². The number of rotatable bonds is 3. The molecule has 1 heterocycles. The van der Waals surface area contributed by atoms with Crippen molar-refractivity contribution in [3.05, 3.63) is 24.0 Å². The van der Waals surface area contributed by atoms with Crippen LogP contribution in [0.4, 0.5) is 0 Å². The Morgan fingerprint density at radius 1 is 1.50 bits per heavy atom. The molecule has 2 rings (SSSR count). The summed E-state index contributed by atoms with van der Waals surface area (Å²) < 4.78 is 7.47. The number of hydrogen-bond donors (Lipinski definition) is 1. The molecule has 0 aliphatic carbocycles. The lowest BCUT2D eigenvalue weighted by Gasteiger charge is -2.04. The van der Waals surface area contributed by atoms with Crippen molar-refractivity contribution in [2.75, 3.05) is 6.61 Å². The Hall–Kier alpha value is -1.55. The van der Waals surface area contributed by atoms with Crippen molar-refractivity contribution in [1.82, 2.24) is 9.55 Å². The highest BCUT2D eigenvalue weighted by Crippen LogP contribution is 2.22. The number of benzene rings is 1. The maximum absolute atomic E-state index is 5.86. The van der Waals surface area contributed by atoms with E-state index in [1.165, 1.54) is 0 Å². The first-order valence-electron chi connectivity index (χ1n) is 5.48. The molecule has 1 unspecified atom stereocenters. The average Bonchev–Trinajstić information content (AvgIpc) is 2.56. The van der Waals surface area contributed by atoms with E-state index in [9.17, 15) is 0 Å². The molecule has 0 amide bonds. The molecular weight excluding hydrogens is 202 g/mol. The van der Waals surface area contributed by atoms with E-state index in [0.717, 1.165) is 22.6 Å². The summed E-state index contributed by atoms with van der Waals surface area (Å²) >= 11 is 0. The first-order chi connectivity index (χ1) is 7.63. The van der Waals surface area contributed by atoms with Gasteiger partial charge in [-0.3, -0.25) is 0 Å². The highest BCUT2D eigenvalue weighted by Gasteiger charge is 2.11. The Balaban J connectivity index is 2.54. The summed E-state index contributed by atoms with van der Waals surface area (Å²) in [5.74, 6) is 1.74. The predicted octanol–water partition coefficient (Wildman–Crippen LogP) is 1.99. The van der Waals surface area contributed by atoms with Gasteiger partial charge in [0.1, 0.15) is 11.6 Å². The van der Waals surface area contributed by atoms with Crippen molar-refractivity contribution in [2.24, 2.45) is 12.8 Å². The van der Waals surface area contributed by atoms with Crippen LogP contribution in [0.2, 0.25) is 0 Å². The molecule has 4 nitrogen and oxygen atoms in total. The minimum Gasteiger partial charge on any atom is -0.494 e. The lowest BCUT2D eigenvalue weighted by molar-refractivity contribution is 0.340. The highest BCUT2D eigenvalue weighted by atomic mass is 16.5. The number of fused-ring (bicyclic) bond motifs is 1. The fraction of sp³-hybridized carbons (Fsp3) is 0.417. The van der Waals surface area contributed by atoms with Crippen LogP contribution in [0, 0.1) is 0 Å². The van der Waals surface area contributed by atoms with Crippen LogP contribution >= 0.6 is 0 Å². The largest absolute Gasteiger partial charge is 0.494 e. The summed E-state index contributed by atoms with van der Waals surface area (Å²) in [6.45, 7) is 4.57. The summed E-state index contributed by atoms with van der Waals surface area (Å²) in [5.41, 5.74) is 7.87. The molecule has 16 heavy (non-hydrogen) atoms. The maximum Gasteiger partial charge on any atom is 0.126 e. The zero-order valence-corrected chi connectivity index (χ0v) is 9.90. The summed E-state index contributed by atoms with van der Waals surface area (Å²) in [7, 11) is 1.98. The second-order valence-corrected chi connectivity index (χ2v) is 3.90. The number of hydrogen-bond acceptors (Lipinski definition) is 3. The van der Waals surface area contributed by atoms with Gasteiger partial charge >= 0.3 is 0 Å². The lowest BCUT2D eigenvalue weighted by atomic mass is 10.3. The van der Waals surface area contributed by atoms with E-state index in [1.807, 2.05) is 43.7 Å². The Bertz CT molecular complexity index is 502. The third kappa shape index (κ3) is 1.76. The van der Waals surface area contributed by atoms with Gasteiger partial charge < -0.3 is 15.0 Å².